The molecule has 0 amide bonds. The Morgan fingerprint density at radius 1 is 1.24 bits per heavy atom. The molecular formula is C16H25NO4. The summed E-state index contributed by atoms with van der Waals surface area (Å²) >= 11 is 0. The van der Waals surface area contributed by atoms with Gasteiger partial charge in [0.2, 0.25) is 0 Å². The lowest BCUT2D eigenvalue weighted by Crippen LogP contribution is -2.10. The fraction of sp³-hybridized carbons (Fsp3) is 0.562. The molecule has 0 bridgehead atoms. The van der Waals surface area contributed by atoms with Crippen molar-refractivity contribution in [2.24, 2.45) is 11.1 Å². The van der Waals surface area contributed by atoms with Gasteiger partial charge in [-0.3, -0.25) is 0 Å². The largest absolute Gasteiger partial charge is 0.497 e. The maximum Gasteiger partial charge on any atom is 0.132 e. The van der Waals surface area contributed by atoms with Gasteiger partial charge in [0.05, 0.1) is 19.4 Å². The van der Waals surface area contributed by atoms with E-state index in [-0.39, 0.29) is 0 Å². The van der Waals surface area contributed by atoms with Crippen molar-refractivity contribution in [2.45, 2.75) is 27.2 Å². The molecule has 0 aliphatic carbocycles. The van der Waals surface area contributed by atoms with Crippen molar-refractivity contribution < 1.29 is 19.4 Å². The molecule has 0 heterocycles. The summed E-state index contributed by atoms with van der Waals surface area (Å²) in [4.78, 5) is 0. The van der Waals surface area contributed by atoms with Crippen molar-refractivity contribution in [1.82, 2.24) is 0 Å². The molecule has 0 unspecified atom stereocenters. The first-order valence-electron chi connectivity index (χ1n) is 7.16. The zero-order chi connectivity index (χ0) is 15.7. The van der Waals surface area contributed by atoms with Gasteiger partial charge >= 0.3 is 0 Å². The Morgan fingerprint density at radius 3 is 2.62 bits per heavy atom. The topological polar surface area (TPSA) is 60.3 Å². The van der Waals surface area contributed by atoms with E-state index in [0.29, 0.717) is 36.3 Å². The van der Waals surface area contributed by atoms with Crippen LogP contribution in [0.4, 0.5) is 0 Å². The first-order valence-corrected chi connectivity index (χ1v) is 7.16. The summed E-state index contributed by atoms with van der Waals surface area (Å²) in [6.45, 7) is 7.76. The second-order valence-corrected chi connectivity index (χ2v) is 5.19. The fourth-order valence-electron chi connectivity index (χ4n) is 1.73. The number of oxime groups is 1. The Morgan fingerprint density at radius 2 is 2.00 bits per heavy atom. The smallest absolute Gasteiger partial charge is 0.132 e. The van der Waals surface area contributed by atoms with Crippen molar-refractivity contribution in [1.29, 1.82) is 0 Å². The van der Waals surface area contributed by atoms with Gasteiger partial charge in [0.15, 0.2) is 0 Å². The molecule has 0 fully saturated rings. The summed E-state index contributed by atoms with van der Waals surface area (Å²) in [5, 5.41) is 12.1. The third-order valence-corrected chi connectivity index (χ3v) is 3.05. The minimum atomic E-state index is 0.441. The molecule has 5 nitrogen and oxygen atoms in total. The normalized spacial score (nSPS) is 11.8. The number of hydrogen-bond donors (Lipinski definition) is 1. The number of benzene rings is 1. The van der Waals surface area contributed by atoms with Crippen LogP contribution in [0.2, 0.25) is 0 Å². The molecule has 1 N–H and O–H groups in total. The summed E-state index contributed by atoms with van der Waals surface area (Å²) in [5.41, 5.74) is 1.23. The quantitative estimate of drug-likeness (QED) is 0.328. The zero-order valence-corrected chi connectivity index (χ0v) is 13.3. The lowest BCUT2D eigenvalue weighted by Gasteiger charge is -2.13. The molecule has 0 aliphatic heterocycles. The van der Waals surface area contributed by atoms with Crippen LogP contribution in [0.5, 0.6) is 11.5 Å². The third-order valence-electron chi connectivity index (χ3n) is 3.05. The van der Waals surface area contributed by atoms with Gasteiger partial charge in [-0.2, -0.15) is 0 Å². The monoisotopic (exact) mass is 295 g/mol. The Bertz CT molecular complexity index is 458. The van der Waals surface area contributed by atoms with Gasteiger partial charge in [-0.05, 0) is 31.4 Å². The van der Waals surface area contributed by atoms with E-state index in [1.165, 1.54) is 0 Å². The Labute approximate surface area is 126 Å². The van der Waals surface area contributed by atoms with Gasteiger partial charge in [-0.15, -0.1) is 0 Å². The van der Waals surface area contributed by atoms with Crippen LogP contribution in [-0.2, 0) is 4.74 Å². The van der Waals surface area contributed by atoms with E-state index in [2.05, 4.69) is 19.0 Å². The van der Waals surface area contributed by atoms with Gasteiger partial charge < -0.3 is 19.4 Å². The minimum absolute atomic E-state index is 0.441. The minimum Gasteiger partial charge on any atom is -0.497 e. The highest BCUT2D eigenvalue weighted by Crippen LogP contribution is 2.25. The van der Waals surface area contributed by atoms with Gasteiger partial charge in [0.25, 0.3) is 0 Å². The van der Waals surface area contributed by atoms with Crippen LogP contribution in [0.3, 0.4) is 0 Å². The first-order chi connectivity index (χ1) is 10.1. The second-order valence-electron chi connectivity index (χ2n) is 5.19. The van der Waals surface area contributed by atoms with Crippen molar-refractivity contribution in [2.75, 3.05) is 26.9 Å². The standard InChI is InChI=1S/C16H25NO4/c1-12(2)7-8-20-9-10-21-16-11-14(19-4)5-6-15(16)13(3)17-18/h5-6,11-12,18H,7-10H2,1-4H3/b17-13+. The average molecular weight is 295 g/mol. The van der Waals surface area contributed by atoms with Gasteiger partial charge in [-0.25, -0.2) is 0 Å². The van der Waals surface area contributed by atoms with E-state index in [9.17, 15) is 0 Å². The van der Waals surface area contributed by atoms with E-state index >= 15 is 0 Å². The number of methoxy groups -OCH3 is 1. The molecule has 0 radical (unpaired) electrons. The van der Waals surface area contributed by atoms with Crippen molar-refractivity contribution in [3.05, 3.63) is 23.8 Å². The maximum absolute atomic E-state index is 8.91. The Balaban J connectivity index is 2.56. The molecule has 0 aliphatic rings. The zero-order valence-electron chi connectivity index (χ0n) is 13.3. The lowest BCUT2D eigenvalue weighted by atomic mass is 10.1. The summed E-state index contributed by atoms with van der Waals surface area (Å²) < 4.78 is 16.4. The third kappa shape index (κ3) is 6.04. The average Bonchev–Trinajstić information content (AvgIpc) is 2.49. The molecule has 0 spiro atoms. The molecule has 0 aromatic heterocycles. The first kappa shape index (κ1) is 17.3. The summed E-state index contributed by atoms with van der Waals surface area (Å²) in [5.74, 6) is 1.96. The second kappa shape index (κ2) is 9.23. The van der Waals surface area contributed by atoms with Gasteiger partial charge in [-0.1, -0.05) is 19.0 Å². The highest BCUT2D eigenvalue weighted by atomic mass is 16.5. The molecule has 1 rings (SSSR count). The van der Waals surface area contributed by atoms with Crippen molar-refractivity contribution >= 4 is 5.71 Å². The van der Waals surface area contributed by atoms with E-state index in [0.717, 1.165) is 18.6 Å². The summed E-state index contributed by atoms with van der Waals surface area (Å²) in [6, 6.07) is 5.39. The number of nitrogens with zero attached hydrogens (tertiary/aromatic N) is 1. The van der Waals surface area contributed by atoms with E-state index in [1.807, 2.05) is 6.07 Å². The fourth-order valence-corrected chi connectivity index (χ4v) is 1.73. The molecular weight excluding hydrogens is 270 g/mol. The van der Waals surface area contributed by atoms with Crippen molar-refractivity contribution in [3.63, 3.8) is 0 Å². The molecule has 0 atom stereocenters. The Kier molecular flexibility index (Phi) is 7.61. The summed E-state index contributed by atoms with van der Waals surface area (Å²) in [7, 11) is 1.60. The van der Waals surface area contributed by atoms with Crippen LogP contribution in [-0.4, -0.2) is 37.8 Å². The van der Waals surface area contributed by atoms with Crippen molar-refractivity contribution in [3.8, 4) is 11.5 Å². The highest BCUT2D eigenvalue weighted by molar-refractivity contribution is 6.00. The number of hydrogen-bond acceptors (Lipinski definition) is 5. The number of ether oxygens (including phenoxy) is 3. The van der Waals surface area contributed by atoms with Crippen LogP contribution in [0.15, 0.2) is 23.4 Å². The predicted molar refractivity (Wildman–Crippen MR) is 82.8 cm³/mol. The maximum atomic E-state index is 8.91. The van der Waals surface area contributed by atoms with Gasteiger partial charge in [0.1, 0.15) is 18.1 Å². The molecule has 5 heteroatoms. The molecule has 0 saturated carbocycles. The molecule has 21 heavy (non-hydrogen) atoms. The molecule has 0 saturated heterocycles. The van der Waals surface area contributed by atoms with Crippen LogP contribution >= 0.6 is 0 Å². The number of rotatable bonds is 9. The van der Waals surface area contributed by atoms with Gasteiger partial charge in [0, 0.05) is 18.2 Å². The molecule has 118 valence electrons. The van der Waals surface area contributed by atoms with E-state index in [1.54, 1.807) is 26.2 Å². The van der Waals surface area contributed by atoms with Crippen LogP contribution in [0.1, 0.15) is 32.8 Å². The van der Waals surface area contributed by atoms with E-state index < -0.39 is 0 Å². The van der Waals surface area contributed by atoms with Crippen LogP contribution in [0.25, 0.3) is 0 Å². The highest BCUT2D eigenvalue weighted by Gasteiger charge is 2.09. The summed E-state index contributed by atoms with van der Waals surface area (Å²) in [6.07, 6.45) is 1.04. The van der Waals surface area contributed by atoms with E-state index in [4.69, 9.17) is 19.4 Å². The van der Waals surface area contributed by atoms with Crippen LogP contribution in [0, 0.1) is 5.92 Å². The SMILES string of the molecule is COc1ccc(/C(C)=N/O)c(OCCOCCC(C)C)c1. The molecule has 1 aromatic rings. The predicted octanol–water partition coefficient (Wildman–Crippen LogP) is 3.33. The van der Waals surface area contributed by atoms with Crippen LogP contribution < -0.4 is 9.47 Å². The lowest BCUT2D eigenvalue weighted by molar-refractivity contribution is 0.0924. The Hall–Kier alpha value is -1.75. The molecule has 1 aromatic carbocycles.